The van der Waals surface area contributed by atoms with E-state index in [0.29, 0.717) is 0 Å². The monoisotopic (exact) mass is 757 g/mol. The van der Waals surface area contributed by atoms with Crippen molar-refractivity contribution in [2.75, 3.05) is 4.90 Å². The number of anilines is 3. The van der Waals surface area contributed by atoms with Gasteiger partial charge in [-0.3, -0.25) is 0 Å². The number of nitrogens with zero attached hydrogens (tertiary/aromatic N) is 1. The maximum Gasteiger partial charge on any atom is 0.137 e. The van der Waals surface area contributed by atoms with Crippen molar-refractivity contribution >= 4 is 70.5 Å². The lowest BCUT2D eigenvalue weighted by Gasteiger charge is -2.33. The Hall–Kier alpha value is -7.20. The Morgan fingerprint density at radius 3 is 1.76 bits per heavy atom. The third kappa shape index (κ3) is 4.84. The molecule has 58 heavy (non-hydrogen) atoms. The van der Waals surface area contributed by atoms with Gasteiger partial charge in [0.1, 0.15) is 11.2 Å². The summed E-state index contributed by atoms with van der Waals surface area (Å²) in [5, 5.41) is 4.86. The molecule has 12 rings (SSSR count). The number of rotatable bonds is 6. The number of thiophene rings is 1. The largest absolute Gasteiger partial charge is 0.456 e. The standard InChI is InChI=1S/C55H35NOS/c1-4-15-37(16-5-1)55(38-17-6-2-7-18-38)49-25-12-10-21-43(49)47-34-48-44-32-31-41(33-51(44)57-52(48)35-50(47)55)56(39-19-8-3-9-20-39)40-29-27-36(28-30-40)42-23-14-24-46-45-22-11-13-26-53(45)58-54(42)46/h1-35H. The molecule has 0 saturated heterocycles. The van der Waals surface area contributed by atoms with E-state index >= 15 is 0 Å². The summed E-state index contributed by atoms with van der Waals surface area (Å²) in [5.74, 6) is 0. The summed E-state index contributed by atoms with van der Waals surface area (Å²) in [7, 11) is 0. The van der Waals surface area contributed by atoms with Gasteiger partial charge in [-0.1, -0.05) is 152 Å². The van der Waals surface area contributed by atoms with E-state index in [2.05, 4.69) is 217 Å². The summed E-state index contributed by atoms with van der Waals surface area (Å²) in [4.78, 5) is 2.32. The molecule has 2 aromatic heterocycles. The lowest BCUT2D eigenvalue weighted by atomic mass is 9.67. The quantitative estimate of drug-likeness (QED) is 0.168. The highest BCUT2D eigenvalue weighted by Crippen LogP contribution is 2.57. The van der Waals surface area contributed by atoms with Gasteiger partial charge in [-0.05, 0) is 99.1 Å². The molecule has 0 aliphatic heterocycles. The fraction of sp³-hybridized carbons (Fsp3) is 0.0182. The van der Waals surface area contributed by atoms with Crippen LogP contribution in [-0.2, 0) is 5.41 Å². The van der Waals surface area contributed by atoms with Crippen LogP contribution in [0.1, 0.15) is 22.3 Å². The van der Waals surface area contributed by atoms with E-state index in [1.54, 1.807) is 0 Å². The summed E-state index contributed by atoms with van der Waals surface area (Å²) >= 11 is 1.87. The Balaban J connectivity index is 1.00. The Morgan fingerprint density at radius 1 is 0.379 bits per heavy atom. The highest BCUT2D eigenvalue weighted by atomic mass is 32.1. The minimum absolute atomic E-state index is 0.481. The molecule has 9 aromatic carbocycles. The van der Waals surface area contributed by atoms with Crippen molar-refractivity contribution < 1.29 is 4.42 Å². The van der Waals surface area contributed by atoms with E-state index in [1.165, 1.54) is 64.7 Å². The van der Waals surface area contributed by atoms with Gasteiger partial charge in [0.15, 0.2) is 0 Å². The second-order valence-electron chi connectivity index (χ2n) is 15.2. The molecule has 0 amide bonds. The van der Waals surface area contributed by atoms with Crippen LogP contribution in [0.3, 0.4) is 0 Å². The van der Waals surface area contributed by atoms with Gasteiger partial charge in [0.2, 0.25) is 0 Å². The van der Waals surface area contributed by atoms with Crippen molar-refractivity contribution in [1.82, 2.24) is 0 Å². The van der Waals surface area contributed by atoms with Crippen LogP contribution in [0.5, 0.6) is 0 Å². The molecule has 2 heterocycles. The van der Waals surface area contributed by atoms with Crippen LogP contribution >= 0.6 is 11.3 Å². The van der Waals surface area contributed by atoms with Gasteiger partial charge in [-0.15, -0.1) is 11.3 Å². The van der Waals surface area contributed by atoms with Crippen molar-refractivity contribution in [3.8, 4) is 22.3 Å². The van der Waals surface area contributed by atoms with Gasteiger partial charge < -0.3 is 9.32 Å². The van der Waals surface area contributed by atoms with Crippen molar-refractivity contribution in [3.05, 3.63) is 235 Å². The second kappa shape index (κ2) is 12.9. The molecular weight excluding hydrogens is 723 g/mol. The SMILES string of the molecule is c1ccc(N(c2ccc(-c3cccc4c3sc3ccccc34)cc2)c2ccc3c(c2)oc2cc4c(cc23)-c2ccccc2C4(c2ccccc2)c2ccccc2)cc1. The average Bonchev–Trinajstić information content (AvgIpc) is 3.95. The predicted molar refractivity (Wildman–Crippen MR) is 244 cm³/mol. The molecule has 1 aliphatic rings. The normalized spacial score (nSPS) is 13.0. The van der Waals surface area contributed by atoms with E-state index in [-0.39, 0.29) is 0 Å². The van der Waals surface area contributed by atoms with Crippen LogP contribution in [0.15, 0.2) is 217 Å². The molecule has 0 unspecified atom stereocenters. The number of fused-ring (bicyclic) bond motifs is 9. The third-order valence-corrected chi connectivity index (χ3v) is 13.4. The Bertz CT molecular complexity index is 3290. The molecule has 0 atom stereocenters. The summed E-state index contributed by atoms with van der Waals surface area (Å²) in [5.41, 5.74) is 14.5. The third-order valence-electron chi connectivity index (χ3n) is 12.1. The van der Waals surface area contributed by atoms with Gasteiger partial charge in [0.05, 0.1) is 5.41 Å². The van der Waals surface area contributed by atoms with E-state index in [9.17, 15) is 0 Å². The zero-order chi connectivity index (χ0) is 38.2. The molecule has 0 spiro atoms. The smallest absolute Gasteiger partial charge is 0.137 e. The van der Waals surface area contributed by atoms with Crippen LogP contribution in [0.25, 0.3) is 64.4 Å². The van der Waals surface area contributed by atoms with Crippen LogP contribution < -0.4 is 4.90 Å². The van der Waals surface area contributed by atoms with Crippen molar-refractivity contribution in [2.45, 2.75) is 5.41 Å². The summed E-state index contributed by atoms with van der Waals surface area (Å²) in [6, 6.07) is 77.1. The van der Waals surface area contributed by atoms with Gasteiger partial charge in [0, 0.05) is 54.1 Å². The molecule has 272 valence electrons. The van der Waals surface area contributed by atoms with Gasteiger partial charge in [0.25, 0.3) is 0 Å². The second-order valence-corrected chi connectivity index (χ2v) is 16.3. The van der Waals surface area contributed by atoms with Gasteiger partial charge in [-0.25, -0.2) is 0 Å². The van der Waals surface area contributed by atoms with Crippen molar-refractivity contribution in [2.24, 2.45) is 0 Å². The van der Waals surface area contributed by atoms with Gasteiger partial charge in [-0.2, -0.15) is 0 Å². The summed E-state index contributed by atoms with van der Waals surface area (Å²) < 4.78 is 9.56. The molecule has 1 aliphatic carbocycles. The lowest BCUT2D eigenvalue weighted by Crippen LogP contribution is -2.28. The summed E-state index contributed by atoms with van der Waals surface area (Å²) in [6.07, 6.45) is 0. The lowest BCUT2D eigenvalue weighted by molar-refractivity contribution is 0.666. The van der Waals surface area contributed by atoms with Crippen LogP contribution in [0.4, 0.5) is 17.1 Å². The first-order valence-electron chi connectivity index (χ1n) is 19.8. The molecule has 3 heteroatoms. The predicted octanol–water partition coefficient (Wildman–Crippen LogP) is 15.5. The molecule has 2 nitrogen and oxygen atoms in total. The maximum atomic E-state index is 6.92. The maximum absolute atomic E-state index is 6.92. The number of hydrogen-bond donors (Lipinski definition) is 0. The number of benzene rings is 9. The fourth-order valence-electron chi connectivity index (χ4n) is 9.63. The average molecular weight is 758 g/mol. The highest BCUT2D eigenvalue weighted by Gasteiger charge is 2.46. The molecule has 0 fully saturated rings. The molecule has 0 saturated carbocycles. The number of hydrogen-bond acceptors (Lipinski definition) is 3. The number of furan rings is 1. The van der Waals surface area contributed by atoms with Crippen LogP contribution in [0, 0.1) is 0 Å². The minimum Gasteiger partial charge on any atom is -0.456 e. The number of para-hydroxylation sites is 1. The zero-order valence-electron chi connectivity index (χ0n) is 31.5. The Morgan fingerprint density at radius 2 is 0.983 bits per heavy atom. The van der Waals surface area contributed by atoms with Crippen molar-refractivity contribution in [1.29, 1.82) is 0 Å². The van der Waals surface area contributed by atoms with E-state index in [0.717, 1.165) is 39.0 Å². The van der Waals surface area contributed by atoms with E-state index < -0.39 is 5.41 Å². The zero-order valence-corrected chi connectivity index (χ0v) is 32.3. The molecule has 0 N–H and O–H groups in total. The van der Waals surface area contributed by atoms with Crippen LogP contribution in [-0.4, -0.2) is 0 Å². The summed E-state index contributed by atoms with van der Waals surface area (Å²) in [6.45, 7) is 0. The minimum atomic E-state index is -0.481. The molecule has 0 radical (unpaired) electrons. The fourth-order valence-corrected chi connectivity index (χ4v) is 10.9. The molecular formula is C55H35NOS. The first kappa shape index (κ1) is 33.0. The van der Waals surface area contributed by atoms with E-state index in [1.807, 2.05) is 11.3 Å². The van der Waals surface area contributed by atoms with Gasteiger partial charge >= 0.3 is 0 Å². The van der Waals surface area contributed by atoms with Crippen LogP contribution in [0.2, 0.25) is 0 Å². The molecule has 0 bridgehead atoms. The van der Waals surface area contributed by atoms with E-state index in [4.69, 9.17) is 4.42 Å². The first-order valence-corrected chi connectivity index (χ1v) is 20.6. The Labute approximate surface area is 340 Å². The highest BCUT2D eigenvalue weighted by molar-refractivity contribution is 7.26. The first-order chi connectivity index (χ1) is 28.8. The molecule has 11 aromatic rings. The van der Waals surface area contributed by atoms with Crippen molar-refractivity contribution in [3.63, 3.8) is 0 Å². The topological polar surface area (TPSA) is 16.4 Å². The Kier molecular flexibility index (Phi) is 7.35.